The summed E-state index contributed by atoms with van der Waals surface area (Å²) in [5.41, 5.74) is 2.33. The standard InChI is InChI=1S/C18H14ClN5/c19-16-7-2-1-5-14(16)12-22-17-8-9-21-18(24-17)23-15-6-3-4-13(10-15)11-20/h1-10H,12H2,(H2,21,22,23,24). The molecule has 0 saturated carbocycles. The van der Waals surface area contributed by atoms with Gasteiger partial charge in [-0.15, -0.1) is 0 Å². The van der Waals surface area contributed by atoms with Gasteiger partial charge in [-0.25, -0.2) is 4.98 Å². The Morgan fingerprint density at radius 3 is 2.79 bits per heavy atom. The number of halogens is 1. The number of benzene rings is 2. The Bertz CT molecular complexity index is 888. The number of nitriles is 1. The minimum Gasteiger partial charge on any atom is -0.366 e. The topological polar surface area (TPSA) is 73.6 Å². The second-order valence-electron chi connectivity index (χ2n) is 5.03. The highest BCUT2D eigenvalue weighted by molar-refractivity contribution is 6.31. The van der Waals surface area contributed by atoms with E-state index < -0.39 is 0 Å². The van der Waals surface area contributed by atoms with Crippen molar-refractivity contribution in [3.63, 3.8) is 0 Å². The van der Waals surface area contributed by atoms with Gasteiger partial charge in [0.25, 0.3) is 0 Å². The van der Waals surface area contributed by atoms with Crippen molar-refractivity contribution in [2.45, 2.75) is 6.54 Å². The van der Waals surface area contributed by atoms with Crippen LogP contribution >= 0.6 is 11.6 Å². The lowest BCUT2D eigenvalue weighted by Gasteiger charge is -2.09. The maximum absolute atomic E-state index is 8.94. The predicted molar refractivity (Wildman–Crippen MR) is 95.3 cm³/mol. The van der Waals surface area contributed by atoms with Gasteiger partial charge >= 0.3 is 0 Å². The molecule has 0 saturated heterocycles. The van der Waals surface area contributed by atoms with Gasteiger partial charge in [-0.1, -0.05) is 35.9 Å². The summed E-state index contributed by atoms with van der Waals surface area (Å²) in [5.74, 6) is 1.14. The van der Waals surface area contributed by atoms with E-state index in [1.165, 1.54) is 0 Å². The highest BCUT2D eigenvalue weighted by Crippen LogP contribution is 2.18. The number of rotatable bonds is 5. The first-order valence-corrected chi connectivity index (χ1v) is 7.70. The van der Waals surface area contributed by atoms with Crippen molar-refractivity contribution >= 4 is 29.1 Å². The van der Waals surface area contributed by atoms with Gasteiger partial charge in [0.05, 0.1) is 11.6 Å². The number of hydrogen-bond acceptors (Lipinski definition) is 5. The average Bonchev–Trinajstić information content (AvgIpc) is 2.61. The molecule has 3 rings (SSSR count). The molecule has 6 heteroatoms. The van der Waals surface area contributed by atoms with Crippen LogP contribution in [0.25, 0.3) is 0 Å². The minimum atomic E-state index is 0.453. The molecule has 0 amide bonds. The van der Waals surface area contributed by atoms with Crippen molar-refractivity contribution in [2.24, 2.45) is 0 Å². The summed E-state index contributed by atoms with van der Waals surface area (Å²) in [7, 11) is 0. The van der Waals surface area contributed by atoms with E-state index in [9.17, 15) is 0 Å². The number of nitrogens with one attached hydrogen (secondary N) is 2. The fourth-order valence-corrected chi connectivity index (χ4v) is 2.34. The molecule has 118 valence electrons. The quantitative estimate of drug-likeness (QED) is 0.724. The zero-order chi connectivity index (χ0) is 16.8. The summed E-state index contributed by atoms with van der Waals surface area (Å²) in [4.78, 5) is 8.60. The van der Waals surface area contributed by atoms with Crippen LogP contribution in [0.4, 0.5) is 17.5 Å². The summed E-state index contributed by atoms with van der Waals surface area (Å²) in [5, 5.41) is 16.0. The summed E-state index contributed by atoms with van der Waals surface area (Å²) in [6.07, 6.45) is 1.67. The van der Waals surface area contributed by atoms with E-state index in [0.717, 1.165) is 11.3 Å². The van der Waals surface area contributed by atoms with Crippen LogP contribution in [0.5, 0.6) is 0 Å². The summed E-state index contributed by atoms with van der Waals surface area (Å²) < 4.78 is 0. The molecular weight excluding hydrogens is 322 g/mol. The zero-order valence-electron chi connectivity index (χ0n) is 12.7. The molecule has 24 heavy (non-hydrogen) atoms. The monoisotopic (exact) mass is 335 g/mol. The third-order valence-electron chi connectivity index (χ3n) is 3.32. The molecule has 2 aromatic carbocycles. The molecule has 0 aliphatic rings. The van der Waals surface area contributed by atoms with Crippen LogP contribution in [0.1, 0.15) is 11.1 Å². The van der Waals surface area contributed by atoms with Crippen molar-refractivity contribution in [1.82, 2.24) is 9.97 Å². The lowest BCUT2D eigenvalue weighted by atomic mass is 10.2. The SMILES string of the molecule is N#Cc1cccc(Nc2nccc(NCc3ccccc3Cl)n2)c1. The first-order valence-electron chi connectivity index (χ1n) is 7.32. The molecule has 0 aliphatic heterocycles. The van der Waals surface area contributed by atoms with Crippen LogP contribution in [0, 0.1) is 11.3 Å². The number of aromatic nitrogens is 2. The Morgan fingerprint density at radius 1 is 1.08 bits per heavy atom. The van der Waals surface area contributed by atoms with Gasteiger partial charge in [-0.2, -0.15) is 10.2 Å². The normalized spacial score (nSPS) is 10.0. The molecule has 0 bridgehead atoms. The molecular formula is C18H14ClN5. The first kappa shape index (κ1) is 15.8. The minimum absolute atomic E-state index is 0.453. The van der Waals surface area contributed by atoms with Gasteiger partial charge in [0, 0.05) is 23.5 Å². The van der Waals surface area contributed by atoms with Gasteiger partial charge < -0.3 is 10.6 Å². The van der Waals surface area contributed by atoms with E-state index in [-0.39, 0.29) is 0 Å². The maximum atomic E-state index is 8.94. The average molecular weight is 336 g/mol. The molecule has 0 unspecified atom stereocenters. The second-order valence-corrected chi connectivity index (χ2v) is 5.44. The van der Waals surface area contributed by atoms with Gasteiger partial charge in [0.15, 0.2) is 0 Å². The Hall–Kier alpha value is -3.10. The molecule has 5 nitrogen and oxygen atoms in total. The Labute approximate surface area is 145 Å². The van der Waals surface area contributed by atoms with Crippen LogP contribution in [0.2, 0.25) is 5.02 Å². The number of nitrogens with zero attached hydrogens (tertiary/aromatic N) is 3. The molecule has 2 N–H and O–H groups in total. The molecule has 0 fully saturated rings. The van der Waals surface area contributed by atoms with Crippen LogP contribution in [-0.4, -0.2) is 9.97 Å². The van der Waals surface area contributed by atoms with Gasteiger partial charge in [0.1, 0.15) is 5.82 Å². The van der Waals surface area contributed by atoms with Crippen molar-refractivity contribution in [2.75, 3.05) is 10.6 Å². The molecule has 0 spiro atoms. The first-order chi connectivity index (χ1) is 11.7. The van der Waals surface area contributed by atoms with Gasteiger partial charge in [-0.3, -0.25) is 0 Å². The maximum Gasteiger partial charge on any atom is 0.229 e. The molecule has 0 radical (unpaired) electrons. The smallest absolute Gasteiger partial charge is 0.229 e. The van der Waals surface area contributed by atoms with Crippen molar-refractivity contribution in [3.05, 3.63) is 76.9 Å². The number of anilines is 3. The third-order valence-corrected chi connectivity index (χ3v) is 3.69. The lowest BCUT2D eigenvalue weighted by Crippen LogP contribution is -2.04. The largest absolute Gasteiger partial charge is 0.366 e. The second kappa shape index (κ2) is 7.44. The molecule has 0 aliphatic carbocycles. The van der Waals surface area contributed by atoms with Crippen LogP contribution < -0.4 is 10.6 Å². The molecule has 1 aromatic heterocycles. The third kappa shape index (κ3) is 4.00. The molecule has 3 aromatic rings. The van der Waals surface area contributed by atoms with E-state index >= 15 is 0 Å². The van der Waals surface area contributed by atoms with Crippen LogP contribution in [0.15, 0.2) is 60.8 Å². The molecule has 1 heterocycles. The van der Waals surface area contributed by atoms with E-state index in [0.29, 0.717) is 28.9 Å². The van der Waals surface area contributed by atoms with Gasteiger partial charge in [-0.05, 0) is 35.9 Å². The predicted octanol–water partition coefficient (Wildman–Crippen LogP) is 4.36. The Kier molecular flexibility index (Phi) is 4.90. The number of hydrogen-bond donors (Lipinski definition) is 2. The summed E-state index contributed by atoms with van der Waals surface area (Å²) >= 11 is 6.15. The lowest BCUT2D eigenvalue weighted by molar-refractivity contribution is 1.08. The van der Waals surface area contributed by atoms with E-state index in [2.05, 4.69) is 26.7 Å². The fourth-order valence-electron chi connectivity index (χ4n) is 2.14. The van der Waals surface area contributed by atoms with E-state index in [1.807, 2.05) is 30.3 Å². The summed E-state index contributed by atoms with van der Waals surface area (Å²) in [6, 6.07) is 18.7. The zero-order valence-corrected chi connectivity index (χ0v) is 13.5. The van der Waals surface area contributed by atoms with Crippen molar-refractivity contribution in [1.29, 1.82) is 5.26 Å². The Balaban J connectivity index is 1.70. The van der Waals surface area contributed by atoms with Crippen LogP contribution in [0.3, 0.4) is 0 Å². The fraction of sp³-hybridized carbons (Fsp3) is 0.0556. The van der Waals surface area contributed by atoms with E-state index in [4.69, 9.17) is 16.9 Å². The van der Waals surface area contributed by atoms with E-state index in [1.54, 1.807) is 30.5 Å². The summed E-state index contributed by atoms with van der Waals surface area (Å²) in [6.45, 7) is 0.569. The Morgan fingerprint density at radius 2 is 1.96 bits per heavy atom. The highest BCUT2D eigenvalue weighted by Gasteiger charge is 2.03. The van der Waals surface area contributed by atoms with Crippen molar-refractivity contribution < 1.29 is 0 Å². The van der Waals surface area contributed by atoms with Gasteiger partial charge in [0.2, 0.25) is 5.95 Å². The van der Waals surface area contributed by atoms with Crippen LogP contribution in [-0.2, 0) is 6.54 Å². The van der Waals surface area contributed by atoms with Crippen molar-refractivity contribution in [3.8, 4) is 6.07 Å². The highest BCUT2D eigenvalue weighted by atomic mass is 35.5. The molecule has 0 atom stereocenters.